The molecule has 3 heteroatoms. The van der Waals surface area contributed by atoms with Crippen LogP contribution in [0.25, 0.3) is 0 Å². The van der Waals surface area contributed by atoms with Gasteiger partial charge in [-0.1, -0.05) is 44.4 Å². The van der Waals surface area contributed by atoms with Crippen molar-refractivity contribution in [2.75, 3.05) is 0 Å². The first kappa shape index (κ1) is 14.3. The minimum absolute atomic E-state index is 0. The Morgan fingerprint density at radius 1 is 1.00 bits per heavy atom. The summed E-state index contributed by atoms with van der Waals surface area (Å²) in [6.07, 6.45) is 3.51. The number of hydrogen-bond donors (Lipinski definition) is 0. The second kappa shape index (κ2) is 6.73. The normalized spacial score (nSPS) is 9.73. The molecule has 0 aromatic heterocycles. The maximum absolute atomic E-state index is 11.4. The first-order chi connectivity index (χ1) is 6.69. The van der Waals surface area contributed by atoms with Crippen molar-refractivity contribution in [3.05, 3.63) is 23.3 Å². The Hall–Kier alpha value is -0.686. The van der Waals surface area contributed by atoms with E-state index in [0.29, 0.717) is 12.0 Å². The van der Waals surface area contributed by atoms with E-state index >= 15 is 0 Å². The molecule has 1 aromatic rings. The van der Waals surface area contributed by atoms with Gasteiger partial charge in [0.25, 0.3) is 0 Å². The summed E-state index contributed by atoms with van der Waals surface area (Å²) in [7, 11) is 0. The molecule has 0 unspecified atom stereocenters. The molecule has 1 aromatic carbocycles. The van der Waals surface area contributed by atoms with Gasteiger partial charge in [-0.05, 0) is 18.4 Å². The van der Waals surface area contributed by atoms with Gasteiger partial charge in [-0.3, -0.25) is 0 Å². The number of benzene rings is 1. The molecule has 0 aliphatic carbocycles. The molecular weight excluding hydrogens is 235 g/mol. The third-order valence-corrected chi connectivity index (χ3v) is 2.25. The molecule has 0 amide bonds. The maximum Gasteiger partial charge on any atom is 2.00 e. The molecule has 0 aliphatic rings. The molecule has 1 rings (SSSR count). The van der Waals surface area contributed by atoms with Gasteiger partial charge in [0.1, 0.15) is 0 Å². The minimum Gasteiger partial charge on any atom is -0.873 e. The van der Waals surface area contributed by atoms with E-state index in [0.717, 1.165) is 24.8 Å². The summed E-state index contributed by atoms with van der Waals surface area (Å²) in [5.41, 5.74) is 1.68. The van der Waals surface area contributed by atoms with Gasteiger partial charge in [-0.2, -0.15) is 0 Å². The minimum atomic E-state index is -0.348. The third kappa shape index (κ3) is 3.75. The smallest absolute Gasteiger partial charge is 0.873 e. The van der Waals surface area contributed by atoms with E-state index in [1.165, 1.54) is 6.07 Å². The molecule has 86 valence electrons. The zero-order chi connectivity index (χ0) is 10.6. The van der Waals surface area contributed by atoms with E-state index in [4.69, 9.17) is 0 Å². The van der Waals surface area contributed by atoms with Crippen LogP contribution in [0.2, 0.25) is 0 Å². The standard InChI is InChI=1S/C12H18O2.Ni/c1-3-5-9-7-10(6-4-2)12(14)11(13)8-9;/h7-8,13-14H,3-6H2,1-2H3;/q;+2/p-2. The molecule has 0 radical (unpaired) electrons. The topological polar surface area (TPSA) is 46.1 Å². The summed E-state index contributed by atoms with van der Waals surface area (Å²) in [4.78, 5) is 0. The summed E-state index contributed by atoms with van der Waals surface area (Å²) in [6, 6.07) is 3.36. The van der Waals surface area contributed by atoms with Crippen molar-refractivity contribution in [1.82, 2.24) is 0 Å². The molecule has 0 fully saturated rings. The van der Waals surface area contributed by atoms with Crippen LogP contribution in [0.4, 0.5) is 0 Å². The average Bonchev–Trinajstić information content (AvgIpc) is 2.14. The van der Waals surface area contributed by atoms with Crippen LogP contribution >= 0.6 is 0 Å². The van der Waals surface area contributed by atoms with Crippen molar-refractivity contribution in [3.8, 4) is 11.5 Å². The molecule has 0 atom stereocenters. The van der Waals surface area contributed by atoms with E-state index in [-0.39, 0.29) is 28.0 Å². The van der Waals surface area contributed by atoms with E-state index < -0.39 is 0 Å². The fraction of sp³-hybridized carbons (Fsp3) is 0.500. The van der Waals surface area contributed by atoms with Crippen molar-refractivity contribution in [1.29, 1.82) is 0 Å². The Labute approximate surface area is 101 Å². The maximum atomic E-state index is 11.4. The van der Waals surface area contributed by atoms with Gasteiger partial charge in [0, 0.05) is 0 Å². The van der Waals surface area contributed by atoms with Crippen molar-refractivity contribution in [3.63, 3.8) is 0 Å². The quantitative estimate of drug-likeness (QED) is 0.765. The molecule has 0 aliphatic heterocycles. The Morgan fingerprint density at radius 2 is 1.60 bits per heavy atom. The van der Waals surface area contributed by atoms with Crippen LogP contribution in [-0.4, -0.2) is 0 Å². The van der Waals surface area contributed by atoms with Crippen molar-refractivity contribution >= 4 is 0 Å². The second-order valence-electron chi connectivity index (χ2n) is 3.58. The number of rotatable bonds is 4. The molecule has 0 saturated carbocycles. The van der Waals surface area contributed by atoms with Gasteiger partial charge in [-0.15, -0.1) is 11.5 Å². The molecule has 0 N–H and O–H groups in total. The predicted octanol–water partition coefficient (Wildman–Crippen LogP) is 1.74. The first-order valence-corrected chi connectivity index (χ1v) is 5.18. The van der Waals surface area contributed by atoms with Gasteiger partial charge in [0.2, 0.25) is 0 Å². The summed E-state index contributed by atoms with van der Waals surface area (Å²) in [5.74, 6) is -0.661. The van der Waals surface area contributed by atoms with E-state index in [2.05, 4.69) is 6.92 Å². The van der Waals surface area contributed by atoms with Gasteiger partial charge in [0.05, 0.1) is 0 Å². The third-order valence-electron chi connectivity index (χ3n) is 2.25. The van der Waals surface area contributed by atoms with E-state index in [1.54, 1.807) is 0 Å². The summed E-state index contributed by atoms with van der Waals surface area (Å²) < 4.78 is 0. The van der Waals surface area contributed by atoms with Crippen molar-refractivity contribution in [2.24, 2.45) is 0 Å². The second-order valence-corrected chi connectivity index (χ2v) is 3.58. The SMILES string of the molecule is CCCc1cc([O-])c([O-])c(CCC)c1.[Ni+2]. The van der Waals surface area contributed by atoms with Gasteiger partial charge >= 0.3 is 16.5 Å². The molecule has 0 saturated heterocycles. The molecule has 0 bridgehead atoms. The van der Waals surface area contributed by atoms with Crippen LogP contribution in [0.1, 0.15) is 37.8 Å². The Morgan fingerprint density at radius 3 is 2.13 bits per heavy atom. The summed E-state index contributed by atoms with van der Waals surface area (Å²) in [5, 5.41) is 22.7. The largest absolute Gasteiger partial charge is 2.00 e. The fourth-order valence-corrected chi connectivity index (χ4v) is 1.61. The summed E-state index contributed by atoms with van der Waals surface area (Å²) in [6.45, 7) is 4.07. The molecule has 0 heterocycles. The van der Waals surface area contributed by atoms with Gasteiger partial charge in [0.15, 0.2) is 0 Å². The monoisotopic (exact) mass is 250 g/mol. The average molecular weight is 251 g/mol. The Bertz CT molecular complexity index is 311. The van der Waals surface area contributed by atoms with Gasteiger partial charge in [-0.25, -0.2) is 0 Å². The van der Waals surface area contributed by atoms with Crippen LogP contribution in [-0.2, 0) is 29.3 Å². The fourth-order valence-electron chi connectivity index (χ4n) is 1.61. The number of aryl methyl sites for hydroxylation is 2. The first-order valence-electron chi connectivity index (χ1n) is 5.18. The zero-order valence-corrected chi connectivity index (χ0v) is 10.1. The van der Waals surface area contributed by atoms with Crippen LogP contribution in [0.3, 0.4) is 0 Å². The predicted molar refractivity (Wildman–Crippen MR) is 53.3 cm³/mol. The molecule has 2 nitrogen and oxygen atoms in total. The van der Waals surface area contributed by atoms with Crippen LogP contribution in [0.15, 0.2) is 12.1 Å². The summed E-state index contributed by atoms with van der Waals surface area (Å²) >= 11 is 0. The Kier molecular flexibility index (Phi) is 6.43. The molecular formula is C12H16NiO2. The van der Waals surface area contributed by atoms with Crippen LogP contribution < -0.4 is 10.2 Å². The Balaban J connectivity index is 0.00000196. The zero-order valence-electron chi connectivity index (χ0n) is 9.12. The molecule has 15 heavy (non-hydrogen) atoms. The van der Waals surface area contributed by atoms with Crippen molar-refractivity contribution < 1.29 is 26.7 Å². The van der Waals surface area contributed by atoms with Crippen molar-refractivity contribution in [2.45, 2.75) is 39.5 Å². The van der Waals surface area contributed by atoms with Crippen LogP contribution in [0, 0.1) is 0 Å². The molecule has 0 spiro atoms. The number of hydrogen-bond acceptors (Lipinski definition) is 2. The van der Waals surface area contributed by atoms with Crippen LogP contribution in [0.5, 0.6) is 11.5 Å². The van der Waals surface area contributed by atoms with Gasteiger partial charge < -0.3 is 10.2 Å². The van der Waals surface area contributed by atoms with E-state index in [9.17, 15) is 10.2 Å². The van der Waals surface area contributed by atoms with E-state index in [1.807, 2.05) is 13.0 Å².